The van der Waals surface area contributed by atoms with E-state index in [0.717, 1.165) is 12.8 Å². The molecule has 0 radical (unpaired) electrons. The molecule has 1 heterocycles. The molecule has 2 amide bonds. The molecule has 0 spiro atoms. The van der Waals surface area contributed by atoms with Crippen LogP contribution in [0.4, 0.5) is 10.8 Å². The molecule has 4 aromatic rings. The largest absolute Gasteiger partial charge is 0.456 e. The number of fused-ring (bicyclic) bond motifs is 1. The van der Waals surface area contributed by atoms with Gasteiger partial charge in [0.1, 0.15) is 23.1 Å². The second-order valence-corrected chi connectivity index (χ2v) is 10.4. The molecule has 5 rings (SSSR count). The molecule has 3 aromatic carbocycles. The predicted molar refractivity (Wildman–Crippen MR) is 150 cm³/mol. The number of hydrogen-bond donors (Lipinski definition) is 2. The number of hydrogen-bond acceptors (Lipinski definition) is 7. The van der Waals surface area contributed by atoms with Crippen LogP contribution in [-0.4, -0.2) is 16.8 Å². The first-order valence-electron chi connectivity index (χ1n) is 12.3. The van der Waals surface area contributed by atoms with Crippen LogP contribution in [0.15, 0.2) is 54.6 Å². The lowest BCUT2D eigenvalue weighted by Gasteiger charge is -2.13. The third kappa shape index (κ3) is 5.56. The monoisotopic (exact) mass is 555 g/mol. The van der Waals surface area contributed by atoms with Gasteiger partial charge in [-0.2, -0.15) is 10.5 Å². The highest BCUT2D eigenvalue weighted by Gasteiger charge is 2.30. The van der Waals surface area contributed by atoms with Crippen LogP contribution in [0.2, 0.25) is 5.02 Å². The average molecular weight is 556 g/mol. The molecule has 39 heavy (non-hydrogen) atoms. The number of ether oxygens (including phenoxy) is 1. The Hall–Kier alpha value is -4.44. The van der Waals surface area contributed by atoms with Crippen molar-refractivity contribution in [3.63, 3.8) is 0 Å². The number of aromatic nitrogens is 1. The summed E-state index contributed by atoms with van der Waals surface area (Å²) in [5, 5.41) is 25.6. The van der Waals surface area contributed by atoms with Gasteiger partial charge >= 0.3 is 0 Å². The number of nitriles is 2. The van der Waals surface area contributed by atoms with Gasteiger partial charge in [0, 0.05) is 17.7 Å². The molecule has 1 unspecified atom stereocenters. The topological polar surface area (TPSA) is 128 Å². The molecule has 194 valence electrons. The first kappa shape index (κ1) is 26.2. The molecule has 1 saturated carbocycles. The number of anilines is 2. The highest BCUT2D eigenvalue weighted by Crippen LogP contribution is 2.38. The van der Waals surface area contributed by atoms with E-state index in [-0.39, 0.29) is 22.4 Å². The van der Waals surface area contributed by atoms with Crippen molar-refractivity contribution in [2.45, 2.75) is 32.1 Å². The summed E-state index contributed by atoms with van der Waals surface area (Å²) in [6.45, 7) is 1.89. The Labute approximate surface area is 233 Å². The van der Waals surface area contributed by atoms with E-state index in [1.54, 1.807) is 54.6 Å². The maximum Gasteiger partial charge on any atom is 0.257 e. The van der Waals surface area contributed by atoms with Crippen LogP contribution in [0.1, 0.15) is 53.6 Å². The van der Waals surface area contributed by atoms with Crippen LogP contribution < -0.4 is 15.4 Å². The number of nitrogens with one attached hydrogen (secondary N) is 2. The van der Waals surface area contributed by atoms with Crippen molar-refractivity contribution in [1.29, 1.82) is 10.5 Å². The lowest BCUT2D eigenvalue weighted by atomic mass is 9.96. The van der Waals surface area contributed by atoms with Crippen molar-refractivity contribution in [1.82, 2.24) is 4.98 Å². The van der Waals surface area contributed by atoms with Crippen LogP contribution in [0.3, 0.4) is 0 Å². The lowest BCUT2D eigenvalue weighted by Crippen LogP contribution is -2.13. The standard InChI is InChI=1S/C29H22ClN5O3S/c1-2-16(14-31)20-7-4-8-21(25(20)30)28(37)33-18-5-3-6-19(13-18)38-24-12-11-23-26(22(24)15-32)39-29(34-23)35-27(36)17-9-10-17/h3-8,11-13,16-17H,2,9-10H2,1H3,(H,33,37)(H,34,35,36). The van der Waals surface area contributed by atoms with Gasteiger partial charge in [-0.05, 0) is 55.2 Å². The van der Waals surface area contributed by atoms with E-state index in [1.165, 1.54) is 11.3 Å². The quantitative estimate of drug-likeness (QED) is 0.236. The van der Waals surface area contributed by atoms with Crippen molar-refractivity contribution in [2.24, 2.45) is 5.92 Å². The molecule has 1 fully saturated rings. The minimum Gasteiger partial charge on any atom is -0.456 e. The van der Waals surface area contributed by atoms with E-state index >= 15 is 0 Å². The normalized spacial score (nSPS) is 13.2. The predicted octanol–water partition coefficient (Wildman–Crippen LogP) is 7.23. The van der Waals surface area contributed by atoms with Crippen molar-refractivity contribution in [2.75, 3.05) is 10.6 Å². The van der Waals surface area contributed by atoms with Crippen LogP contribution in [-0.2, 0) is 4.79 Å². The number of thiazole rings is 1. The molecule has 8 nitrogen and oxygen atoms in total. The number of nitrogens with zero attached hydrogens (tertiary/aromatic N) is 3. The van der Waals surface area contributed by atoms with E-state index in [4.69, 9.17) is 16.3 Å². The van der Waals surface area contributed by atoms with Gasteiger partial charge in [-0.3, -0.25) is 9.59 Å². The van der Waals surface area contributed by atoms with Gasteiger partial charge in [0.15, 0.2) is 5.13 Å². The van der Waals surface area contributed by atoms with Gasteiger partial charge < -0.3 is 15.4 Å². The molecule has 10 heteroatoms. The minimum atomic E-state index is -0.420. The number of halogens is 1. The van der Waals surface area contributed by atoms with Crippen LogP contribution in [0.5, 0.6) is 11.5 Å². The Balaban J connectivity index is 1.36. The van der Waals surface area contributed by atoms with Gasteiger partial charge in [-0.25, -0.2) is 4.98 Å². The Kier molecular flexibility index (Phi) is 7.47. The Bertz CT molecular complexity index is 1680. The zero-order valence-electron chi connectivity index (χ0n) is 20.8. The highest BCUT2D eigenvalue weighted by molar-refractivity contribution is 7.22. The fourth-order valence-corrected chi connectivity index (χ4v) is 5.41. The maximum atomic E-state index is 13.0. The summed E-state index contributed by atoms with van der Waals surface area (Å²) in [7, 11) is 0. The fraction of sp³-hybridized carbons (Fsp3) is 0.207. The summed E-state index contributed by atoms with van der Waals surface area (Å²) in [6, 6.07) is 19.6. The summed E-state index contributed by atoms with van der Waals surface area (Å²) in [5.74, 6) is -0.0917. The summed E-state index contributed by atoms with van der Waals surface area (Å²) in [6.07, 6.45) is 2.35. The fourth-order valence-electron chi connectivity index (χ4n) is 4.11. The van der Waals surface area contributed by atoms with Gasteiger partial charge in [0.05, 0.1) is 32.8 Å². The molecular formula is C29H22ClN5O3S. The van der Waals surface area contributed by atoms with Crippen LogP contribution in [0, 0.1) is 28.6 Å². The molecule has 0 aliphatic heterocycles. The maximum absolute atomic E-state index is 13.0. The SMILES string of the molecule is CCC(C#N)c1cccc(C(=O)Nc2cccc(Oc3ccc4nc(NC(=O)C5CC5)sc4c3C#N)c2)c1Cl. The molecule has 0 bridgehead atoms. The first-order valence-corrected chi connectivity index (χ1v) is 13.5. The Morgan fingerprint density at radius 1 is 1.15 bits per heavy atom. The van der Waals surface area contributed by atoms with Gasteiger partial charge in [0.25, 0.3) is 5.91 Å². The highest BCUT2D eigenvalue weighted by atomic mass is 35.5. The smallest absolute Gasteiger partial charge is 0.257 e. The van der Waals surface area contributed by atoms with E-state index in [9.17, 15) is 20.1 Å². The number of benzene rings is 3. The number of amides is 2. The molecule has 1 aliphatic rings. The second kappa shape index (κ2) is 11.1. The lowest BCUT2D eigenvalue weighted by molar-refractivity contribution is -0.117. The van der Waals surface area contributed by atoms with E-state index in [2.05, 4.69) is 27.8 Å². The number of rotatable bonds is 8. The minimum absolute atomic E-state index is 0.0462. The molecule has 0 saturated heterocycles. The van der Waals surface area contributed by atoms with Crippen LogP contribution >= 0.6 is 22.9 Å². The molecular weight excluding hydrogens is 534 g/mol. The Morgan fingerprint density at radius 2 is 1.95 bits per heavy atom. The van der Waals surface area contributed by atoms with Gasteiger partial charge in [0.2, 0.25) is 5.91 Å². The third-order valence-electron chi connectivity index (χ3n) is 6.34. The Morgan fingerprint density at radius 3 is 2.67 bits per heavy atom. The van der Waals surface area contributed by atoms with Gasteiger partial charge in [-0.15, -0.1) is 0 Å². The summed E-state index contributed by atoms with van der Waals surface area (Å²) < 4.78 is 6.65. The summed E-state index contributed by atoms with van der Waals surface area (Å²) in [4.78, 5) is 29.6. The summed E-state index contributed by atoms with van der Waals surface area (Å²) in [5.41, 5.74) is 2.24. The van der Waals surface area contributed by atoms with Crippen molar-refractivity contribution < 1.29 is 14.3 Å². The van der Waals surface area contributed by atoms with Crippen molar-refractivity contribution in [3.8, 4) is 23.6 Å². The zero-order valence-corrected chi connectivity index (χ0v) is 22.4. The van der Waals surface area contributed by atoms with Crippen LogP contribution in [0.25, 0.3) is 10.2 Å². The van der Waals surface area contributed by atoms with E-state index in [1.807, 2.05) is 6.92 Å². The number of carbonyl (C=O) groups is 2. The van der Waals surface area contributed by atoms with E-state index < -0.39 is 11.8 Å². The molecule has 1 atom stereocenters. The van der Waals surface area contributed by atoms with Crippen molar-refractivity contribution in [3.05, 3.63) is 76.3 Å². The average Bonchev–Trinajstić information content (AvgIpc) is 3.71. The zero-order chi connectivity index (χ0) is 27.5. The number of carbonyl (C=O) groups excluding carboxylic acids is 2. The van der Waals surface area contributed by atoms with E-state index in [0.29, 0.717) is 50.1 Å². The molecule has 1 aliphatic carbocycles. The summed E-state index contributed by atoms with van der Waals surface area (Å²) >= 11 is 7.72. The van der Waals surface area contributed by atoms with Gasteiger partial charge in [-0.1, -0.05) is 48.1 Å². The third-order valence-corrected chi connectivity index (χ3v) is 7.77. The second-order valence-electron chi connectivity index (χ2n) is 9.06. The molecule has 1 aromatic heterocycles. The van der Waals surface area contributed by atoms with Crippen molar-refractivity contribution >= 4 is 55.8 Å². The first-order chi connectivity index (χ1) is 18.9. The molecule has 2 N–H and O–H groups in total.